The summed E-state index contributed by atoms with van der Waals surface area (Å²) in [6.45, 7) is 9.52. The second kappa shape index (κ2) is 5.66. The zero-order chi connectivity index (χ0) is 14.8. The first-order valence-electron chi connectivity index (χ1n) is 6.86. The Morgan fingerprint density at radius 3 is 2.55 bits per heavy atom. The van der Waals surface area contributed by atoms with Gasteiger partial charge in [0.1, 0.15) is 5.82 Å². The van der Waals surface area contributed by atoms with Crippen LogP contribution in [0.4, 0.5) is 5.82 Å². The summed E-state index contributed by atoms with van der Waals surface area (Å²) in [5.74, 6) is 1.27. The molecule has 2 heterocycles. The van der Waals surface area contributed by atoms with Crippen LogP contribution in [0.5, 0.6) is 0 Å². The van der Waals surface area contributed by atoms with Crippen molar-refractivity contribution in [3.63, 3.8) is 0 Å². The Bertz CT molecular complexity index is 492. The van der Waals surface area contributed by atoms with E-state index in [-0.39, 0.29) is 5.84 Å². The van der Waals surface area contributed by atoms with Gasteiger partial charge in [0, 0.05) is 32.4 Å². The van der Waals surface area contributed by atoms with Gasteiger partial charge in [0.15, 0.2) is 5.84 Å². The highest BCUT2D eigenvalue weighted by Crippen LogP contribution is 2.20. The van der Waals surface area contributed by atoms with Crippen molar-refractivity contribution in [3.05, 3.63) is 23.9 Å². The van der Waals surface area contributed by atoms with Crippen LogP contribution in [0.25, 0.3) is 0 Å². The summed E-state index contributed by atoms with van der Waals surface area (Å²) in [4.78, 5) is 8.92. The zero-order valence-electron chi connectivity index (χ0n) is 12.4. The fraction of sp³-hybridized carbons (Fsp3) is 0.571. The third-order valence-corrected chi connectivity index (χ3v) is 4.03. The summed E-state index contributed by atoms with van der Waals surface area (Å²) in [6.07, 6.45) is 1.84. The fourth-order valence-corrected chi connectivity index (χ4v) is 2.47. The van der Waals surface area contributed by atoms with Crippen molar-refractivity contribution < 1.29 is 5.21 Å². The van der Waals surface area contributed by atoms with Crippen LogP contribution in [0.1, 0.15) is 19.4 Å². The van der Waals surface area contributed by atoms with E-state index < -0.39 is 5.54 Å². The third-order valence-electron chi connectivity index (χ3n) is 4.03. The molecule has 1 aromatic heterocycles. The molecule has 0 atom stereocenters. The third kappa shape index (κ3) is 2.85. The number of amidine groups is 1. The van der Waals surface area contributed by atoms with Gasteiger partial charge in [0.05, 0.1) is 5.54 Å². The first kappa shape index (κ1) is 14.6. The van der Waals surface area contributed by atoms with E-state index in [2.05, 4.69) is 32.9 Å². The largest absolute Gasteiger partial charge is 0.409 e. The number of hydrogen-bond donors (Lipinski definition) is 2. The van der Waals surface area contributed by atoms with E-state index in [1.807, 2.05) is 26.1 Å². The molecule has 0 saturated carbocycles. The van der Waals surface area contributed by atoms with Gasteiger partial charge in [-0.1, -0.05) is 5.16 Å². The molecule has 0 aliphatic carbocycles. The maximum absolute atomic E-state index is 8.88. The molecule has 1 aromatic rings. The van der Waals surface area contributed by atoms with E-state index in [1.165, 1.54) is 5.56 Å². The van der Waals surface area contributed by atoms with Gasteiger partial charge in [0.2, 0.25) is 0 Å². The van der Waals surface area contributed by atoms with E-state index in [0.717, 1.165) is 32.0 Å². The maximum atomic E-state index is 8.88. The molecule has 0 unspecified atom stereocenters. The molecule has 6 nitrogen and oxygen atoms in total. The monoisotopic (exact) mass is 277 g/mol. The Hall–Kier alpha value is -1.82. The van der Waals surface area contributed by atoms with Gasteiger partial charge in [-0.15, -0.1) is 0 Å². The van der Waals surface area contributed by atoms with Crippen molar-refractivity contribution in [3.8, 4) is 0 Å². The maximum Gasteiger partial charge on any atom is 0.159 e. The highest BCUT2D eigenvalue weighted by molar-refractivity contribution is 5.88. The minimum atomic E-state index is -0.430. The van der Waals surface area contributed by atoms with Crippen molar-refractivity contribution >= 4 is 11.7 Å². The number of nitrogens with zero attached hydrogens (tertiary/aromatic N) is 4. The van der Waals surface area contributed by atoms with Crippen molar-refractivity contribution in [2.24, 2.45) is 10.9 Å². The second-order valence-corrected chi connectivity index (χ2v) is 5.71. The Morgan fingerprint density at radius 2 is 2.00 bits per heavy atom. The molecule has 2 rings (SSSR count). The summed E-state index contributed by atoms with van der Waals surface area (Å²) in [5, 5.41) is 12.0. The van der Waals surface area contributed by atoms with Crippen LogP contribution >= 0.6 is 0 Å². The molecule has 0 aromatic carbocycles. The molecular weight excluding hydrogens is 254 g/mol. The number of pyridine rings is 1. The smallest absolute Gasteiger partial charge is 0.159 e. The Kier molecular flexibility index (Phi) is 4.13. The first-order valence-corrected chi connectivity index (χ1v) is 6.86. The van der Waals surface area contributed by atoms with E-state index in [4.69, 9.17) is 10.9 Å². The molecule has 1 aliphatic heterocycles. The lowest BCUT2D eigenvalue weighted by atomic mass is 10.0. The highest BCUT2D eigenvalue weighted by Gasteiger charge is 2.33. The number of aryl methyl sites for hydroxylation is 1. The predicted octanol–water partition coefficient (Wildman–Crippen LogP) is 1.04. The van der Waals surface area contributed by atoms with Crippen LogP contribution in [0.3, 0.4) is 0 Å². The minimum absolute atomic E-state index is 0.250. The van der Waals surface area contributed by atoms with Crippen LogP contribution < -0.4 is 10.6 Å². The van der Waals surface area contributed by atoms with E-state index in [9.17, 15) is 0 Å². The number of nitrogens with two attached hydrogens (primary N) is 1. The van der Waals surface area contributed by atoms with Gasteiger partial charge in [-0.3, -0.25) is 4.90 Å². The average molecular weight is 277 g/mol. The molecule has 110 valence electrons. The zero-order valence-corrected chi connectivity index (χ0v) is 12.4. The lowest BCUT2D eigenvalue weighted by Crippen LogP contribution is -2.59. The molecule has 0 spiro atoms. The van der Waals surface area contributed by atoms with Crippen LogP contribution in [0.2, 0.25) is 0 Å². The van der Waals surface area contributed by atoms with E-state index >= 15 is 0 Å². The van der Waals surface area contributed by atoms with Gasteiger partial charge in [-0.05, 0) is 38.5 Å². The summed E-state index contributed by atoms with van der Waals surface area (Å²) in [5.41, 5.74) is 6.57. The van der Waals surface area contributed by atoms with E-state index in [0.29, 0.717) is 0 Å². The molecule has 0 radical (unpaired) electrons. The normalized spacial score (nSPS) is 18.4. The second-order valence-electron chi connectivity index (χ2n) is 5.71. The summed E-state index contributed by atoms with van der Waals surface area (Å²) in [6, 6.07) is 4.10. The van der Waals surface area contributed by atoms with Crippen molar-refractivity contribution in [2.45, 2.75) is 26.3 Å². The SMILES string of the molecule is Cc1ccnc(N2CCN(C(C)(C)C(N)=NO)CC2)c1. The van der Waals surface area contributed by atoms with E-state index in [1.54, 1.807) is 0 Å². The lowest BCUT2D eigenvalue weighted by molar-refractivity contribution is 0.161. The topological polar surface area (TPSA) is 78.0 Å². The Morgan fingerprint density at radius 1 is 1.35 bits per heavy atom. The minimum Gasteiger partial charge on any atom is -0.409 e. The molecule has 1 fully saturated rings. The average Bonchev–Trinajstić information content (AvgIpc) is 2.46. The number of oxime groups is 1. The lowest BCUT2D eigenvalue weighted by Gasteiger charge is -2.43. The molecule has 6 heteroatoms. The summed E-state index contributed by atoms with van der Waals surface area (Å²) in [7, 11) is 0. The number of hydrogen-bond acceptors (Lipinski definition) is 5. The molecule has 3 N–H and O–H groups in total. The molecule has 0 amide bonds. The van der Waals surface area contributed by atoms with Gasteiger partial charge >= 0.3 is 0 Å². The summed E-state index contributed by atoms with van der Waals surface area (Å²) < 4.78 is 0. The summed E-state index contributed by atoms with van der Waals surface area (Å²) >= 11 is 0. The number of piperazine rings is 1. The van der Waals surface area contributed by atoms with Crippen molar-refractivity contribution in [2.75, 3.05) is 31.1 Å². The van der Waals surface area contributed by atoms with Crippen molar-refractivity contribution in [1.82, 2.24) is 9.88 Å². The van der Waals surface area contributed by atoms with Crippen molar-refractivity contribution in [1.29, 1.82) is 0 Å². The number of rotatable bonds is 3. The molecule has 1 aliphatic rings. The van der Waals surface area contributed by atoms with Gasteiger partial charge < -0.3 is 15.8 Å². The standard InChI is InChI=1S/C14H23N5O/c1-11-4-5-16-12(10-11)18-6-8-19(9-7-18)14(2,3)13(15)17-20/h4-5,10,20H,6-9H2,1-3H3,(H2,15,17). The molecule has 0 bridgehead atoms. The number of aromatic nitrogens is 1. The quantitative estimate of drug-likeness (QED) is 0.373. The van der Waals surface area contributed by atoms with Crippen LogP contribution in [-0.2, 0) is 0 Å². The Balaban J connectivity index is 2.03. The molecule has 1 saturated heterocycles. The molecular formula is C14H23N5O. The van der Waals surface area contributed by atoms with Crippen LogP contribution in [0, 0.1) is 6.92 Å². The first-order chi connectivity index (χ1) is 9.45. The molecule has 20 heavy (non-hydrogen) atoms. The van der Waals surface area contributed by atoms with Crippen LogP contribution in [0.15, 0.2) is 23.5 Å². The van der Waals surface area contributed by atoms with Gasteiger partial charge in [-0.25, -0.2) is 4.98 Å². The van der Waals surface area contributed by atoms with Gasteiger partial charge in [0.25, 0.3) is 0 Å². The highest BCUT2D eigenvalue weighted by atomic mass is 16.4. The Labute approximate surface area is 119 Å². The van der Waals surface area contributed by atoms with Gasteiger partial charge in [-0.2, -0.15) is 0 Å². The predicted molar refractivity (Wildman–Crippen MR) is 80.2 cm³/mol. The number of anilines is 1. The fourth-order valence-electron chi connectivity index (χ4n) is 2.47. The van der Waals surface area contributed by atoms with Crippen LogP contribution in [-0.4, -0.2) is 52.6 Å².